The second-order valence-electron chi connectivity index (χ2n) is 4.51. The van der Waals surface area contributed by atoms with E-state index in [0.29, 0.717) is 6.04 Å². The molecule has 0 fully saturated rings. The third-order valence-electron chi connectivity index (χ3n) is 2.81. The van der Waals surface area contributed by atoms with Crippen LogP contribution in [0.1, 0.15) is 18.7 Å². The van der Waals surface area contributed by atoms with Crippen molar-refractivity contribution in [2.24, 2.45) is 0 Å². The van der Waals surface area contributed by atoms with E-state index in [0.717, 1.165) is 16.7 Å². The van der Waals surface area contributed by atoms with Gasteiger partial charge in [-0.15, -0.1) is 11.3 Å². The van der Waals surface area contributed by atoms with Crippen LogP contribution in [-0.4, -0.2) is 6.04 Å². The smallest absolute Gasteiger partial charge is 0.0526 e. The van der Waals surface area contributed by atoms with Crippen molar-refractivity contribution in [3.8, 4) is 0 Å². The number of halogens is 1. The van der Waals surface area contributed by atoms with Crippen LogP contribution in [0.2, 0.25) is 0 Å². The lowest BCUT2D eigenvalue weighted by Crippen LogP contribution is -2.30. The van der Waals surface area contributed by atoms with Crippen LogP contribution in [0.15, 0.2) is 40.2 Å². The Kier molecular flexibility index (Phi) is 4.30. The fourth-order valence-electron chi connectivity index (χ4n) is 1.87. The van der Waals surface area contributed by atoms with Crippen molar-refractivity contribution in [3.05, 3.63) is 45.1 Å². The number of nitrogen functional groups attached to an aromatic ring is 1. The largest absolute Gasteiger partial charge is 0.399 e. The van der Waals surface area contributed by atoms with Gasteiger partial charge >= 0.3 is 0 Å². The topological polar surface area (TPSA) is 29.3 Å². The van der Waals surface area contributed by atoms with Gasteiger partial charge in [-0.25, -0.2) is 0 Å². The molecule has 1 aromatic heterocycles. The maximum absolute atomic E-state index is 5.79. The predicted octanol–water partition coefficient (Wildman–Crippen LogP) is 4.51. The average molecular weight is 325 g/mol. The van der Waals surface area contributed by atoms with Crippen LogP contribution in [0.25, 0.3) is 0 Å². The Balaban J connectivity index is 2.29. The molecule has 1 aromatic carbocycles. The third-order valence-corrected chi connectivity index (χ3v) is 4.31. The Hall–Kier alpha value is -1.00. The van der Waals surface area contributed by atoms with Crippen molar-refractivity contribution >= 4 is 38.6 Å². The number of nitrogens with two attached hydrogens (primary N) is 1. The second-order valence-corrected chi connectivity index (χ2v) is 6.40. The van der Waals surface area contributed by atoms with Crippen molar-refractivity contribution in [2.75, 3.05) is 10.6 Å². The maximum Gasteiger partial charge on any atom is 0.0526 e. The predicted molar refractivity (Wildman–Crippen MR) is 84.2 cm³/mol. The Labute approximate surface area is 121 Å². The molecule has 4 heteroatoms. The summed E-state index contributed by atoms with van der Waals surface area (Å²) in [5.41, 5.74) is 7.76. The highest BCUT2D eigenvalue weighted by atomic mass is 79.9. The molecular weight excluding hydrogens is 308 g/mol. The molecule has 0 atom stereocenters. The summed E-state index contributed by atoms with van der Waals surface area (Å²) < 4.78 is 1.05. The summed E-state index contributed by atoms with van der Waals surface area (Å²) in [6.45, 7) is 5.34. The first kappa shape index (κ1) is 13.4. The molecule has 0 aliphatic rings. The summed E-state index contributed by atoms with van der Waals surface area (Å²) in [4.78, 5) is 3.74. The second kappa shape index (κ2) is 5.76. The summed E-state index contributed by atoms with van der Waals surface area (Å²) >= 11 is 5.39. The summed E-state index contributed by atoms with van der Waals surface area (Å²) in [6.07, 6.45) is 0. The van der Waals surface area contributed by atoms with Gasteiger partial charge in [0.1, 0.15) is 0 Å². The molecule has 0 spiro atoms. The molecule has 2 aromatic rings. The lowest BCUT2D eigenvalue weighted by Gasteiger charge is -2.29. The lowest BCUT2D eigenvalue weighted by molar-refractivity contribution is 0.686. The minimum absolute atomic E-state index is 0.437. The van der Waals surface area contributed by atoms with Crippen molar-refractivity contribution in [1.82, 2.24) is 0 Å². The van der Waals surface area contributed by atoms with Crippen molar-refractivity contribution in [3.63, 3.8) is 0 Å². The van der Waals surface area contributed by atoms with E-state index in [-0.39, 0.29) is 0 Å². The summed E-state index contributed by atoms with van der Waals surface area (Å²) in [5, 5.41) is 2.12. The molecule has 18 heavy (non-hydrogen) atoms. The van der Waals surface area contributed by atoms with Crippen molar-refractivity contribution in [2.45, 2.75) is 26.4 Å². The van der Waals surface area contributed by atoms with Crippen LogP contribution < -0.4 is 10.6 Å². The first-order chi connectivity index (χ1) is 8.58. The Morgan fingerprint density at radius 2 is 2.11 bits per heavy atom. The Morgan fingerprint density at radius 3 is 2.67 bits per heavy atom. The lowest BCUT2D eigenvalue weighted by atomic mass is 10.2. The Bertz CT molecular complexity index is 509. The molecular formula is C14H17BrN2S. The minimum atomic E-state index is 0.437. The molecule has 0 bridgehead atoms. The number of nitrogens with zero attached hydrogens (tertiary/aromatic N) is 1. The van der Waals surface area contributed by atoms with E-state index in [4.69, 9.17) is 5.73 Å². The van der Waals surface area contributed by atoms with Gasteiger partial charge in [-0.05, 0) is 59.4 Å². The van der Waals surface area contributed by atoms with Gasteiger partial charge in [0.2, 0.25) is 0 Å². The number of anilines is 2. The van der Waals surface area contributed by atoms with Crippen molar-refractivity contribution < 1.29 is 0 Å². The van der Waals surface area contributed by atoms with Gasteiger partial charge in [0, 0.05) is 21.1 Å². The minimum Gasteiger partial charge on any atom is -0.399 e. The fraction of sp³-hybridized carbons (Fsp3) is 0.286. The van der Waals surface area contributed by atoms with Crippen LogP contribution in [0, 0.1) is 0 Å². The van der Waals surface area contributed by atoms with Crippen LogP contribution in [0.4, 0.5) is 11.4 Å². The van der Waals surface area contributed by atoms with Crippen LogP contribution >= 0.6 is 27.3 Å². The van der Waals surface area contributed by atoms with Gasteiger partial charge in [0.25, 0.3) is 0 Å². The van der Waals surface area contributed by atoms with Gasteiger partial charge in [-0.1, -0.05) is 6.07 Å². The fourth-order valence-corrected chi connectivity index (χ4v) is 3.20. The van der Waals surface area contributed by atoms with E-state index in [2.05, 4.69) is 58.3 Å². The molecule has 0 amide bonds. The molecule has 0 aliphatic carbocycles. The highest BCUT2D eigenvalue weighted by Crippen LogP contribution is 2.31. The number of benzene rings is 1. The van der Waals surface area contributed by atoms with E-state index in [1.54, 1.807) is 11.3 Å². The molecule has 0 aliphatic heterocycles. The highest BCUT2D eigenvalue weighted by molar-refractivity contribution is 9.10. The monoisotopic (exact) mass is 324 g/mol. The average Bonchev–Trinajstić information content (AvgIpc) is 2.79. The third kappa shape index (κ3) is 3.06. The molecule has 1 heterocycles. The summed E-state index contributed by atoms with van der Waals surface area (Å²) in [5.74, 6) is 0. The van der Waals surface area contributed by atoms with Gasteiger partial charge < -0.3 is 10.6 Å². The zero-order chi connectivity index (χ0) is 13.1. The first-order valence-corrected chi connectivity index (χ1v) is 7.59. The molecule has 0 saturated carbocycles. The van der Waals surface area contributed by atoms with Gasteiger partial charge in [0.05, 0.1) is 12.2 Å². The van der Waals surface area contributed by atoms with Crippen molar-refractivity contribution in [1.29, 1.82) is 0 Å². The number of rotatable bonds is 4. The van der Waals surface area contributed by atoms with E-state index >= 15 is 0 Å². The van der Waals surface area contributed by atoms with E-state index < -0.39 is 0 Å². The number of hydrogen-bond acceptors (Lipinski definition) is 3. The molecule has 2 N–H and O–H groups in total. The van der Waals surface area contributed by atoms with Crippen LogP contribution in [0.5, 0.6) is 0 Å². The van der Waals surface area contributed by atoms with E-state index in [1.165, 1.54) is 10.6 Å². The molecule has 2 rings (SSSR count). The van der Waals surface area contributed by atoms with Gasteiger partial charge in [-0.2, -0.15) is 0 Å². The normalized spacial score (nSPS) is 10.9. The van der Waals surface area contributed by atoms with E-state index in [9.17, 15) is 0 Å². The van der Waals surface area contributed by atoms with Crippen LogP contribution in [0.3, 0.4) is 0 Å². The SMILES string of the molecule is CC(C)N(Cc1cccs1)c1ccc(N)cc1Br. The Morgan fingerprint density at radius 1 is 1.33 bits per heavy atom. The van der Waals surface area contributed by atoms with Gasteiger partial charge in [-0.3, -0.25) is 0 Å². The first-order valence-electron chi connectivity index (χ1n) is 5.92. The highest BCUT2D eigenvalue weighted by Gasteiger charge is 2.14. The van der Waals surface area contributed by atoms with E-state index in [1.807, 2.05) is 12.1 Å². The zero-order valence-corrected chi connectivity index (χ0v) is 13.0. The quantitative estimate of drug-likeness (QED) is 0.838. The molecule has 0 saturated heterocycles. The number of hydrogen-bond donors (Lipinski definition) is 1. The molecule has 0 unspecified atom stereocenters. The molecule has 96 valence electrons. The maximum atomic E-state index is 5.79. The number of thiophene rings is 1. The standard InChI is InChI=1S/C14H17BrN2S/c1-10(2)17(9-12-4-3-7-18-12)14-6-5-11(16)8-13(14)15/h3-8,10H,9,16H2,1-2H3. The van der Waals surface area contributed by atoms with Gasteiger partial charge in [0.15, 0.2) is 0 Å². The summed E-state index contributed by atoms with van der Waals surface area (Å²) in [6, 6.07) is 10.7. The molecule has 0 radical (unpaired) electrons. The zero-order valence-electron chi connectivity index (χ0n) is 10.6. The molecule has 2 nitrogen and oxygen atoms in total. The summed E-state index contributed by atoms with van der Waals surface area (Å²) in [7, 11) is 0. The van der Waals surface area contributed by atoms with Crippen LogP contribution in [-0.2, 0) is 6.54 Å².